The van der Waals surface area contributed by atoms with Crippen molar-refractivity contribution >= 4 is 0 Å². The van der Waals surface area contributed by atoms with Crippen molar-refractivity contribution in [2.45, 2.75) is 111 Å². The lowest BCUT2D eigenvalue weighted by molar-refractivity contribution is -0.938. The normalized spacial score (nSPS) is 11.4. The van der Waals surface area contributed by atoms with Gasteiger partial charge in [-0.25, -0.2) is 0 Å². The molecular formula is C26H48FN. The zero-order valence-electron chi connectivity index (χ0n) is 19.2. The van der Waals surface area contributed by atoms with Crippen molar-refractivity contribution < 1.29 is 9.19 Å². The molecule has 0 spiro atoms. The smallest absolute Gasteiger partial charge is 0.104 e. The fraction of sp³-hybridized carbons (Fsp3) is 0.769. The molecule has 0 unspecified atom stereocenters. The van der Waals surface area contributed by atoms with Gasteiger partial charge in [-0.05, 0) is 26.7 Å². The van der Waals surface area contributed by atoms with E-state index in [1.54, 1.807) is 0 Å². The minimum Gasteiger partial charge on any atom is -1.00 e. The van der Waals surface area contributed by atoms with Crippen LogP contribution in [0.3, 0.4) is 0 Å². The van der Waals surface area contributed by atoms with Gasteiger partial charge < -0.3 is 9.19 Å². The minimum absolute atomic E-state index is 0. The van der Waals surface area contributed by atoms with Crippen LogP contribution in [0, 0.1) is 0 Å². The lowest BCUT2D eigenvalue weighted by Gasteiger charge is -2.37. The van der Waals surface area contributed by atoms with Crippen LogP contribution in [0.5, 0.6) is 0 Å². The highest BCUT2D eigenvalue weighted by Gasteiger charge is 2.22. The first-order valence-corrected chi connectivity index (χ1v) is 12.2. The van der Waals surface area contributed by atoms with E-state index in [2.05, 4.69) is 51.1 Å². The molecule has 0 N–H and O–H groups in total. The third-order valence-corrected chi connectivity index (χ3v) is 6.44. The highest BCUT2D eigenvalue weighted by Crippen LogP contribution is 2.18. The van der Waals surface area contributed by atoms with Crippen LogP contribution in [0.4, 0.5) is 0 Å². The summed E-state index contributed by atoms with van der Waals surface area (Å²) in [6.07, 6.45) is 18.7. The Morgan fingerprint density at radius 1 is 0.571 bits per heavy atom. The van der Waals surface area contributed by atoms with E-state index in [1.807, 2.05) is 0 Å². The van der Waals surface area contributed by atoms with Crippen molar-refractivity contribution in [2.75, 3.05) is 19.6 Å². The molecule has 0 aromatic heterocycles. The van der Waals surface area contributed by atoms with Crippen LogP contribution in [-0.2, 0) is 6.54 Å². The summed E-state index contributed by atoms with van der Waals surface area (Å²) in [7, 11) is 0. The lowest BCUT2D eigenvalue weighted by Crippen LogP contribution is -3.00. The fourth-order valence-electron chi connectivity index (χ4n) is 4.28. The Labute approximate surface area is 175 Å². The van der Waals surface area contributed by atoms with Crippen LogP contribution < -0.4 is 4.70 Å². The largest absolute Gasteiger partial charge is 1.00 e. The summed E-state index contributed by atoms with van der Waals surface area (Å²) in [6, 6.07) is 11.1. The molecule has 164 valence electrons. The van der Waals surface area contributed by atoms with Gasteiger partial charge >= 0.3 is 0 Å². The zero-order valence-corrected chi connectivity index (χ0v) is 19.2. The third-order valence-electron chi connectivity index (χ3n) is 6.44. The Morgan fingerprint density at radius 2 is 1.00 bits per heavy atom. The molecule has 2 heteroatoms. The molecule has 0 heterocycles. The molecule has 0 aliphatic rings. The summed E-state index contributed by atoms with van der Waals surface area (Å²) < 4.78 is 1.25. The van der Waals surface area contributed by atoms with E-state index in [4.69, 9.17) is 0 Å². The SMILES string of the molecule is CCCCCCCCCCCCCCC[N+](CC)(CC)Cc1ccccc1.[F-]. The van der Waals surface area contributed by atoms with Crippen molar-refractivity contribution in [3.8, 4) is 0 Å². The Bertz CT molecular complexity index is 427. The van der Waals surface area contributed by atoms with Crippen molar-refractivity contribution in [1.29, 1.82) is 0 Å². The van der Waals surface area contributed by atoms with Gasteiger partial charge in [-0.3, -0.25) is 0 Å². The Hall–Kier alpha value is -0.890. The lowest BCUT2D eigenvalue weighted by atomic mass is 10.0. The first kappa shape index (κ1) is 27.1. The predicted molar refractivity (Wildman–Crippen MR) is 122 cm³/mol. The van der Waals surface area contributed by atoms with Crippen LogP contribution in [0.1, 0.15) is 110 Å². The van der Waals surface area contributed by atoms with Crippen molar-refractivity contribution in [3.05, 3.63) is 35.9 Å². The minimum atomic E-state index is 0. The van der Waals surface area contributed by atoms with Gasteiger partial charge in [0.1, 0.15) is 6.54 Å². The average Bonchev–Trinajstić information content (AvgIpc) is 2.71. The quantitative estimate of drug-likeness (QED) is 0.239. The molecule has 0 bridgehead atoms. The number of unbranched alkanes of at least 4 members (excludes halogenated alkanes) is 12. The van der Waals surface area contributed by atoms with E-state index in [1.165, 1.54) is 120 Å². The maximum absolute atomic E-state index is 2.37. The van der Waals surface area contributed by atoms with Crippen LogP contribution >= 0.6 is 0 Å². The molecule has 0 saturated carbocycles. The third kappa shape index (κ3) is 12.5. The standard InChI is InChI=1S/C26H48N.FH/c1-4-7-8-9-10-11-12-13-14-15-16-17-21-24-27(5-2,6-3)25-26-22-19-18-20-23-26;/h18-20,22-23H,4-17,21,24-25H2,1-3H3;1H/q+1;/p-1. The number of halogens is 1. The maximum atomic E-state index is 2.37. The molecular weight excluding hydrogens is 345 g/mol. The number of nitrogens with zero attached hydrogens (tertiary/aromatic N) is 1. The topological polar surface area (TPSA) is 0 Å². The number of benzene rings is 1. The second-order valence-electron chi connectivity index (χ2n) is 8.58. The Kier molecular flexibility index (Phi) is 17.6. The van der Waals surface area contributed by atoms with Crippen LogP contribution in [-0.4, -0.2) is 24.1 Å². The fourth-order valence-corrected chi connectivity index (χ4v) is 4.28. The number of rotatable bonds is 18. The van der Waals surface area contributed by atoms with Crippen molar-refractivity contribution in [2.24, 2.45) is 0 Å². The first-order chi connectivity index (χ1) is 13.3. The van der Waals surface area contributed by atoms with Gasteiger partial charge in [-0.15, -0.1) is 0 Å². The molecule has 1 rings (SSSR count). The molecule has 0 atom stereocenters. The monoisotopic (exact) mass is 393 g/mol. The molecule has 0 radical (unpaired) electrons. The molecule has 1 nitrogen and oxygen atoms in total. The molecule has 0 aliphatic carbocycles. The van der Waals surface area contributed by atoms with Crippen LogP contribution in [0.15, 0.2) is 30.3 Å². The van der Waals surface area contributed by atoms with Crippen molar-refractivity contribution in [1.82, 2.24) is 0 Å². The van der Waals surface area contributed by atoms with Gasteiger partial charge in [-0.2, -0.15) is 0 Å². The summed E-state index contributed by atoms with van der Waals surface area (Å²) in [4.78, 5) is 0. The number of quaternary nitrogens is 1. The Balaban J connectivity index is 0.00000729. The van der Waals surface area contributed by atoms with Gasteiger partial charge in [0, 0.05) is 5.56 Å². The second kappa shape index (κ2) is 18.2. The second-order valence-corrected chi connectivity index (χ2v) is 8.58. The van der Waals surface area contributed by atoms with E-state index in [9.17, 15) is 0 Å². The molecule has 0 aliphatic heterocycles. The summed E-state index contributed by atoms with van der Waals surface area (Å²) >= 11 is 0. The van der Waals surface area contributed by atoms with Crippen LogP contribution in [0.2, 0.25) is 0 Å². The summed E-state index contributed by atoms with van der Waals surface area (Å²) in [5.74, 6) is 0. The van der Waals surface area contributed by atoms with Crippen LogP contribution in [0.25, 0.3) is 0 Å². The summed E-state index contributed by atoms with van der Waals surface area (Å²) in [5, 5.41) is 0. The van der Waals surface area contributed by atoms with Gasteiger partial charge in [0.25, 0.3) is 0 Å². The van der Waals surface area contributed by atoms with Gasteiger partial charge in [0.15, 0.2) is 0 Å². The highest BCUT2D eigenvalue weighted by molar-refractivity contribution is 5.13. The average molecular weight is 394 g/mol. The molecule has 0 saturated heterocycles. The van der Waals surface area contributed by atoms with Gasteiger partial charge in [0.05, 0.1) is 19.6 Å². The van der Waals surface area contributed by atoms with E-state index < -0.39 is 0 Å². The first-order valence-electron chi connectivity index (χ1n) is 12.2. The van der Waals surface area contributed by atoms with E-state index in [-0.39, 0.29) is 4.70 Å². The van der Waals surface area contributed by atoms with Crippen molar-refractivity contribution in [3.63, 3.8) is 0 Å². The molecule has 0 amide bonds. The molecule has 1 aromatic rings. The van der Waals surface area contributed by atoms with E-state index in [0.717, 1.165) is 0 Å². The summed E-state index contributed by atoms with van der Waals surface area (Å²) in [5.41, 5.74) is 1.50. The number of hydrogen-bond donors (Lipinski definition) is 0. The van der Waals surface area contributed by atoms with Gasteiger partial charge in [0.2, 0.25) is 0 Å². The molecule has 28 heavy (non-hydrogen) atoms. The van der Waals surface area contributed by atoms with E-state index >= 15 is 0 Å². The molecule has 1 aromatic carbocycles. The molecule has 0 fully saturated rings. The summed E-state index contributed by atoms with van der Waals surface area (Å²) in [6.45, 7) is 12.1. The predicted octanol–water partition coefficient (Wildman–Crippen LogP) is 5.14. The number of hydrogen-bond acceptors (Lipinski definition) is 0. The highest BCUT2D eigenvalue weighted by atomic mass is 19.0. The zero-order chi connectivity index (χ0) is 19.6. The van der Waals surface area contributed by atoms with Gasteiger partial charge in [-0.1, -0.05) is 108 Å². The Morgan fingerprint density at radius 3 is 1.43 bits per heavy atom. The maximum Gasteiger partial charge on any atom is 0.104 e. The van der Waals surface area contributed by atoms with E-state index in [0.29, 0.717) is 0 Å².